The van der Waals surface area contributed by atoms with Gasteiger partial charge < -0.3 is 14.5 Å². The molecule has 0 saturated carbocycles. The Hall–Kier alpha value is -1.59. The Kier molecular flexibility index (Phi) is 5.53. The van der Waals surface area contributed by atoms with Crippen LogP contribution in [-0.2, 0) is 9.53 Å². The highest BCUT2D eigenvalue weighted by atomic mass is 16.5. The molecule has 2 atom stereocenters. The molecule has 0 unspecified atom stereocenters. The van der Waals surface area contributed by atoms with Crippen LogP contribution in [-0.4, -0.2) is 62.3 Å². The van der Waals surface area contributed by atoms with Crippen molar-refractivity contribution >= 4 is 17.3 Å². The molecule has 0 N–H and O–H groups in total. The van der Waals surface area contributed by atoms with Crippen LogP contribution in [0.25, 0.3) is 0 Å². The molecule has 30 heavy (non-hydrogen) atoms. The number of hydrogen-bond acceptors (Lipinski definition) is 4. The first-order chi connectivity index (χ1) is 14.6. The van der Waals surface area contributed by atoms with Gasteiger partial charge in [-0.3, -0.25) is 9.69 Å². The molecule has 0 aromatic heterocycles. The lowest BCUT2D eigenvalue weighted by Crippen LogP contribution is -2.51. The number of likely N-dealkylation sites (tertiary alicyclic amines) is 1. The summed E-state index contributed by atoms with van der Waals surface area (Å²) >= 11 is 0. The molecule has 4 aliphatic rings. The van der Waals surface area contributed by atoms with Crippen molar-refractivity contribution in [3.63, 3.8) is 0 Å². The monoisotopic (exact) mass is 411 g/mol. The van der Waals surface area contributed by atoms with Crippen LogP contribution in [0.4, 0.5) is 11.4 Å². The highest BCUT2D eigenvalue weighted by Crippen LogP contribution is 2.42. The molecule has 4 aliphatic heterocycles. The summed E-state index contributed by atoms with van der Waals surface area (Å²) in [6, 6.07) is 8.19. The molecular formula is C25H37N3O2. The molecule has 4 heterocycles. The molecule has 1 aromatic carbocycles. The zero-order valence-electron chi connectivity index (χ0n) is 18.7. The molecule has 4 saturated heterocycles. The third-order valence-electron chi connectivity index (χ3n) is 8.26. The zero-order chi connectivity index (χ0) is 20.7. The first kappa shape index (κ1) is 20.3. The molecule has 4 fully saturated rings. The number of carbonyl (C=O) groups excluding carboxylic acids is 1. The molecule has 5 nitrogen and oxygen atoms in total. The maximum Gasteiger partial charge on any atom is 0.233 e. The van der Waals surface area contributed by atoms with Crippen LogP contribution >= 0.6 is 0 Å². The van der Waals surface area contributed by atoms with Gasteiger partial charge in [0.25, 0.3) is 0 Å². The zero-order valence-corrected chi connectivity index (χ0v) is 18.7. The van der Waals surface area contributed by atoms with E-state index in [4.69, 9.17) is 4.74 Å². The van der Waals surface area contributed by atoms with Crippen molar-refractivity contribution in [2.45, 2.75) is 70.9 Å². The summed E-state index contributed by atoms with van der Waals surface area (Å²) in [5, 5.41) is 0. The van der Waals surface area contributed by atoms with Gasteiger partial charge in [0, 0.05) is 56.3 Å². The maximum atomic E-state index is 13.5. The minimum Gasteiger partial charge on any atom is -0.381 e. The van der Waals surface area contributed by atoms with Gasteiger partial charge >= 0.3 is 0 Å². The van der Waals surface area contributed by atoms with Gasteiger partial charge in [-0.2, -0.15) is 0 Å². The van der Waals surface area contributed by atoms with Crippen LogP contribution in [0.15, 0.2) is 18.2 Å². The molecule has 0 aliphatic carbocycles. The van der Waals surface area contributed by atoms with Crippen molar-refractivity contribution in [1.82, 2.24) is 4.90 Å². The summed E-state index contributed by atoms with van der Waals surface area (Å²) in [5.41, 5.74) is 3.47. The van der Waals surface area contributed by atoms with Crippen molar-refractivity contribution in [1.29, 1.82) is 0 Å². The summed E-state index contributed by atoms with van der Waals surface area (Å²) in [5.74, 6) is 0.331. The first-order valence-corrected chi connectivity index (χ1v) is 12.1. The summed E-state index contributed by atoms with van der Waals surface area (Å²) in [6.07, 6.45) is 7.83. The number of nitrogens with zero attached hydrogens (tertiary/aromatic N) is 3. The molecule has 1 aromatic rings. The molecule has 0 radical (unpaired) electrons. The fourth-order valence-corrected chi connectivity index (χ4v) is 6.41. The Morgan fingerprint density at radius 3 is 2.60 bits per heavy atom. The van der Waals surface area contributed by atoms with Crippen LogP contribution in [0.3, 0.4) is 0 Å². The summed E-state index contributed by atoms with van der Waals surface area (Å²) in [7, 11) is 0. The lowest BCUT2D eigenvalue weighted by molar-refractivity contribution is -0.136. The minimum absolute atomic E-state index is 0.184. The number of aryl methyl sites for hydroxylation is 1. The lowest BCUT2D eigenvalue weighted by Gasteiger charge is -2.44. The largest absolute Gasteiger partial charge is 0.381 e. The third-order valence-corrected chi connectivity index (χ3v) is 8.26. The van der Waals surface area contributed by atoms with E-state index < -0.39 is 0 Å². The average molecular weight is 412 g/mol. The van der Waals surface area contributed by atoms with Crippen molar-refractivity contribution in [3.05, 3.63) is 23.8 Å². The smallest absolute Gasteiger partial charge is 0.233 e. The first-order valence-electron chi connectivity index (χ1n) is 12.1. The Labute approximate surface area is 181 Å². The third kappa shape index (κ3) is 3.54. The second-order valence-corrected chi connectivity index (χ2v) is 10.0. The van der Waals surface area contributed by atoms with E-state index in [-0.39, 0.29) is 5.41 Å². The maximum absolute atomic E-state index is 13.5. The summed E-state index contributed by atoms with van der Waals surface area (Å²) in [4.78, 5) is 20.8. The second-order valence-electron chi connectivity index (χ2n) is 10.0. The Morgan fingerprint density at radius 2 is 1.87 bits per heavy atom. The fraction of sp³-hybridized carbons (Fsp3) is 0.720. The van der Waals surface area contributed by atoms with Crippen LogP contribution in [0.1, 0.15) is 57.4 Å². The standard InChI is InChI=1S/C25H37N3O2/c1-19-17-21(26-14-8-22(18-26)27-12-3-5-20(27)2)6-7-23(19)28-13-4-9-25(24(28)29)10-15-30-16-11-25/h6-7,17,20,22H,3-5,8-16,18H2,1-2H3/t20-,22-/m0/s1. The molecule has 164 valence electrons. The second kappa shape index (κ2) is 8.16. The number of rotatable bonds is 3. The SMILES string of the molecule is Cc1cc(N2CC[C@H](N3CCC[C@@H]3C)C2)ccc1N1CCCC2(CCOCC2)C1=O. The van der Waals surface area contributed by atoms with Crippen LogP contribution in [0.2, 0.25) is 0 Å². The van der Waals surface area contributed by atoms with Gasteiger partial charge in [0.05, 0.1) is 5.41 Å². The Balaban J connectivity index is 1.31. The van der Waals surface area contributed by atoms with Crippen LogP contribution in [0.5, 0.6) is 0 Å². The van der Waals surface area contributed by atoms with E-state index in [2.05, 4.69) is 46.7 Å². The van der Waals surface area contributed by atoms with E-state index in [9.17, 15) is 4.79 Å². The summed E-state index contributed by atoms with van der Waals surface area (Å²) in [6.45, 7) is 10.4. The van der Waals surface area contributed by atoms with E-state index in [0.717, 1.165) is 70.3 Å². The van der Waals surface area contributed by atoms with Gasteiger partial charge in [-0.15, -0.1) is 0 Å². The van der Waals surface area contributed by atoms with Crippen LogP contribution in [0, 0.1) is 12.3 Å². The van der Waals surface area contributed by atoms with Crippen molar-refractivity contribution < 1.29 is 9.53 Å². The molecule has 5 heteroatoms. The van der Waals surface area contributed by atoms with Crippen molar-refractivity contribution in [3.8, 4) is 0 Å². The van der Waals surface area contributed by atoms with Gasteiger partial charge in [0.1, 0.15) is 0 Å². The normalized spacial score (nSPS) is 29.9. The van der Waals surface area contributed by atoms with Gasteiger partial charge in [-0.1, -0.05) is 0 Å². The number of carbonyl (C=O) groups is 1. The molecule has 1 amide bonds. The van der Waals surface area contributed by atoms with E-state index in [1.54, 1.807) is 0 Å². The van der Waals surface area contributed by atoms with E-state index in [1.807, 2.05) is 0 Å². The predicted octanol–water partition coefficient (Wildman–Crippen LogP) is 3.98. The average Bonchev–Trinajstić information content (AvgIpc) is 3.40. The highest BCUT2D eigenvalue weighted by Gasteiger charge is 2.45. The van der Waals surface area contributed by atoms with Crippen molar-refractivity contribution in [2.75, 3.05) is 49.2 Å². The number of amides is 1. The number of benzene rings is 1. The van der Waals surface area contributed by atoms with Gasteiger partial charge in [0.15, 0.2) is 0 Å². The van der Waals surface area contributed by atoms with Gasteiger partial charge in [-0.05, 0) is 89.1 Å². The quantitative estimate of drug-likeness (QED) is 0.754. The summed E-state index contributed by atoms with van der Waals surface area (Å²) < 4.78 is 5.56. The molecular weight excluding hydrogens is 374 g/mol. The minimum atomic E-state index is -0.184. The number of ether oxygens (including phenoxy) is 1. The molecule has 0 bridgehead atoms. The predicted molar refractivity (Wildman–Crippen MR) is 121 cm³/mol. The number of piperidine rings is 1. The Morgan fingerprint density at radius 1 is 1.03 bits per heavy atom. The fourth-order valence-electron chi connectivity index (χ4n) is 6.41. The highest BCUT2D eigenvalue weighted by molar-refractivity contribution is 5.99. The lowest BCUT2D eigenvalue weighted by atomic mass is 9.73. The molecule has 1 spiro atoms. The van der Waals surface area contributed by atoms with Gasteiger partial charge in [-0.25, -0.2) is 0 Å². The van der Waals surface area contributed by atoms with Crippen molar-refractivity contribution in [2.24, 2.45) is 5.41 Å². The molecule has 5 rings (SSSR count). The number of hydrogen-bond donors (Lipinski definition) is 0. The van der Waals surface area contributed by atoms with Gasteiger partial charge in [0.2, 0.25) is 5.91 Å². The van der Waals surface area contributed by atoms with E-state index >= 15 is 0 Å². The van der Waals surface area contributed by atoms with E-state index in [0.29, 0.717) is 11.9 Å². The van der Waals surface area contributed by atoms with E-state index in [1.165, 1.54) is 37.1 Å². The topological polar surface area (TPSA) is 36.0 Å². The Bertz CT molecular complexity index is 783. The van der Waals surface area contributed by atoms with Crippen LogP contribution < -0.4 is 9.80 Å². The number of anilines is 2.